The Morgan fingerprint density at radius 3 is 2.96 bits per heavy atom. The van der Waals surface area contributed by atoms with Crippen LogP contribution in [0, 0.1) is 12.7 Å². The van der Waals surface area contributed by atoms with Crippen LogP contribution in [-0.2, 0) is 0 Å². The zero-order valence-electron chi connectivity index (χ0n) is 13.4. The first-order chi connectivity index (χ1) is 11.1. The Hall–Kier alpha value is -2.21. The van der Waals surface area contributed by atoms with Gasteiger partial charge in [0.05, 0.1) is 11.6 Å². The van der Waals surface area contributed by atoms with Gasteiger partial charge in [0.2, 0.25) is 0 Å². The fraction of sp³-hybridized carbons (Fsp3) is 0.412. The number of amides is 1. The van der Waals surface area contributed by atoms with E-state index >= 15 is 0 Å². The predicted octanol–water partition coefficient (Wildman–Crippen LogP) is 2.38. The van der Waals surface area contributed by atoms with Gasteiger partial charge in [0.1, 0.15) is 11.6 Å². The molecule has 0 radical (unpaired) electrons. The van der Waals surface area contributed by atoms with Crippen molar-refractivity contribution in [1.82, 2.24) is 19.8 Å². The van der Waals surface area contributed by atoms with Gasteiger partial charge < -0.3 is 9.88 Å². The van der Waals surface area contributed by atoms with Crippen molar-refractivity contribution >= 4 is 5.91 Å². The third kappa shape index (κ3) is 3.12. The highest BCUT2D eigenvalue weighted by Gasteiger charge is 2.32. The normalized spacial score (nSPS) is 19.1. The van der Waals surface area contributed by atoms with Crippen LogP contribution in [0.15, 0.2) is 30.6 Å². The topological polar surface area (TPSA) is 52.2 Å². The van der Waals surface area contributed by atoms with Crippen LogP contribution >= 0.6 is 0 Å². The largest absolute Gasteiger partial charge is 0.347 e. The molecule has 1 atom stereocenters. The number of aryl methyl sites for hydroxylation is 1. The summed E-state index contributed by atoms with van der Waals surface area (Å²) < 4.78 is 14.0. The van der Waals surface area contributed by atoms with Gasteiger partial charge in [-0.1, -0.05) is 18.6 Å². The highest BCUT2D eigenvalue weighted by atomic mass is 19.1. The number of nitrogens with zero attached hydrogens (tertiary/aromatic N) is 3. The molecule has 1 saturated heterocycles. The molecule has 1 N–H and O–H groups in total. The molecule has 0 aliphatic carbocycles. The fourth-order valence-electron chi connectivity index (χ4n) is 3.08. The molecule has 1 aliphatic rings. The van der Waals surface area contributed by atoms with E-state index in [0.717, 1.165) is 24.5 Å². The van der Waals surface area contributed by atoms with Crippen molar-refractivity contribution in [1.29, 1.82) is 0 Å². The number of carbonyl (C=O) groups excluding carboxylic acids is 1. The molecule has 1 aromatic heterocycles. The molecule has 23 heavy (non-hydrogen) atoms. The summed E-state index contributed by atoms with van der Waals surface area (Å²) in [5.41, 5.74) is 1.03. The Morgan fingerprint density at radius 2 is 2.26 bits per heavy atom. The van der Waals surface area contributed by atoms with Crippen molar-refractivity contribution in [2.24, 2.45) is 0 Å². The van der Waals surface area contributed by atoms with Crippen molar-refractivity contribution in [3.05, 3.63) is 53.4 Å². The fourth-order valence-corrected chi connectivity index (χ4v) is 3.08. The molecule has 1 aliphatic heterocycles. The number of aromatic amines is 1. The summed E-state index contributed by atoms with van der Waals surface area (Å²) in [5, 5.41) is 0. The standard InChI is InChI=1S/C17H21FN4O/c1-3-21-8-9-22(11-15(21)16-19-6-7-20-16)17(23)13-10-12(2)4-5-14(13)18/h4-7,10,15H,3,8-9,11H2,1-2H3,(H,19,20)/t15-/m1/s1. The van der Waals surface area contributed by atoms with E-state index in [4.69, 9.17) is 0 Å². The SMILES string of the molecule is CCN1CCN(C(=O)c2cc(C)ccc2F)C[C@@H]1c1ncc[nH]1. The third-order valence-electron chi connectivity index (χ3n) is 4.37. The van der Waals surface area contributed by atoms with Crippen molar-refractivity contribution < 1.29 is 9.18 Å². The Bertz CT molecular complexity index is 686. The third-order valence-corrected chi connectivity index (χ3v) is 4.37. The number of aromatic nitrogens is 2. The van der Waals surface area contributed by atoms with E-state index in [0.29, 0.717) is 13.1 Å². The number of piperazine rings is 1. The second kappa shape index (κ2) is 6.50. The average molecular weight is 316 g/mol. The van der Waals surface area contributed by atoms with Crippen LogP contribution in [0.25, 0.3) is 0 Å². The number of carbonyl (C=O) groups is 1. The second-order valence-electron chi connectivity index (χ2n) is 5.85. The first-order valence-corrected chi connectivity index (χ1v) is 7.89. The Kier molecular flexibility index (Phi) is 4.43. The van der Waals surface area contributed by atoms with Crippen molar-refractivity contribution in [3.63, 3.8) is 0 Å². The zero-order chi connectivity index (χ0) is 16.4. The lowest BCUT2D eigenvalue weighted by Gasteiger charge is -2.40. The van der Waals surface area contributed by atoms with E-state index in [1.807, 2.05) is 6.92 Å². The summed E-state index contributed by atoms with van der Waals surface area (Å²) >= 11 is 0. The van der Waals surface area contributed by atoms with Crippen LogP contribution in [0.3, 0.4) is 0 Å². The van der Waals surface area contributed by atoms with Crippen LogP contribution in [0.2, 0.25) is 0 Å². The minimum Gasteiger partial charge on any atom is -0.347 e. The van der Waals surface area contributed by atoms with Crippen LogP contribution < -0.4 is 0 Å². The Balaban J connectivity index is 1.83. The quantitative estimate of drug-likeness (QED) is 0.946. The van der Waals surface area contributed by atoms with E-state index < -0.39 is 5.82 Å². The molecule has 122 valence electrons. The molecule has 0 saturated carbocycles. The lowest BCUT2D eigenvalue weighted by atomic mass is 10.1. The van der Waals surface area contributed by atoms with Gasteiger partial charge in [0.15, 0.2) is 0 Å². The molecule has 1 aromatic carbocycles. The number of halogens is 1. The van der Waals surface area contributed by atoms with E-state index in [9.17, 15) is 9.18 Å². The van der Waals surface area contributed by atoms with Gasteiger partial charge in [0.25, 0.3) is 5.91 Å². The van der Waals surface area contributed by atoms with Gasteiger partial charge in [-0.05, 0) is 25.6 Å². The van der Waals surface area contributed by atoms with Crippen LogP contribution in [0.4, 0.5) is 4.39 Å². The molecule has 0 bridgehead atoms. The van der Waals surface area contributed by atoms with Gasteiger partial charge in [-0.25, -0.2) is 9.37 Å². The molecule has 0 spiro atoms. The summed E-state index contributed by atoms with van der Waals surface area (Å²) in [6, 6.07) is 4.66. The molecule has 3 rings (SSSR count). The molecule has 2 aromatic rings. The first kappa shape index (κ1) is 15.7. The van der Waals surface area contributed by atoms with E-state index in [1.165, 1.54) is 6.07 Å². The number of imidazole rings is 1. The van der Waals surface area contributed by atoms with E-state index in [1.54, 1.807) is 29.4 Å². The van der Waals surface area contributed by atoms with Crippen LogP contribution in [-0.4, -0.2) is 51.9 Å². The predicted molar refractivity (Wildman–Crippen MR) is 85.6 cm³/mol. The minimum atomic E-state index is -0.465. The number of hydrogen-bond acceptors (Lipinski definition) is 3. The molecule has 6 heteroatoms. The molecule has 1 amide bonds. The average Bonchev–Trinajstić information content (AvgIpc) is 3.10. The number of hydrogen-bond donors (Lipinski definition) is 1. The zero-order valence-corrected chi connectivity index (χ0v) is 13.4. The number of rotatable bonds is 3. The van der Waals surface area contributed by atoms with Gasteiger partial charge in [-0.15, -0.1) is 0 Å². The lowest BCUT2D eigenvalue weighted by molar-refractivity contribution is 0.0476. The van der Waals surface area contributed by atoms with Crippen LogP contribution in [0.5, 0.6) is 0 Å². The van der Waals surface area contributed by atoms with Gasteiger partial charge in [-0.3, -0.25) is 9.69 Å². The Labute approximate surface area is 135 Å². The Morgan fingerprint density at radius 1 is 1.43 bits per heavy atom. The molecule has 0 unspecified atom stereocenters. The summed E-state index contributed by atoms with van der Waals surface area (Å²) in [7, 11) is 0. The van der Waals surface area contributed by atoms with Crippen molar-refractivity contribution in [3.8, 4) is 0 Å². The molecule has 2 heterocycles. The van der Waals surface area contributed by atoms with Gasteiger partial charge >= 0.3 is 0 Å². The maximum absolute atomic E-state index is 14.0. The second-order valence-corrected chi connectivity index (χ2v) is 5.85. The molecule has 5 nitrogen and oxygen atoms in total. The lowest BCUT2D eigenvalue weighted by Crippen LogP contribution is -2.50. The van der Waals surface area contributed by atoms with Gasteiger partial charge in [0, 0.05) is 32.0 Å². The smallest absolute Gasteiger partial charge is 0.256 e. The number of nitrogens with one attached hydrogen (secondary N) is 1. The van der Waals surface area contributed by atoms with Crippen molar-refractivity contribution in [2.75, 3.05) is 26.2 Å². The number of likely N-dealkylation sites (N-methyl/N-ethyl adjacent to an activating group) is 1. The monoisotopic (exact) mass is 316 g/mol. The maximum atomic E-state index is 14.0. The highest BCUT2D eigenvalue weighted by molar-refractivity contribution is 5.94. The van der Waals surface area contributed by atoms with E-state index in [-0.39, 0.29) is 17.5 Å². The minimum absolute atomic E-state index is 0.0144. The maximum Gasteiger partial charge on any atom is 0.256 e. The first-order valence-electron chi connectivity index (χ1n) is 7.89. The summed E-state index contributed by atoms with van der Waals surface area (Å²) in [6.45, 7) is 6.68. The summed E-state index contributed by atoms with van der Waals surface area (Å²) in [6.07, 6.45) is 3.49. The van der Waals surface area contributed by atoms with Gasteiger partial charge in [-0.2, -0.15) is 0 Å². The number of H-pyrrole nitrogens is 1. The number of benzene rings is 1. The molecule has 1 fully saturated rings. The van der Waals surface area contributed by atoms with E-state index in [2.05, 4.69) is 21.8 Å². The van der Waals surface area contributed by atoms with Crippen molar-refractivity contribution in [2.45, 2.75) is 19.9 Å². The summed E-state index contributed by atoms with van der Waals surface area (Å²) in [5.74, 6) is 0.126. The molecular formula is C17H21FN4O. The van der Waals surface area contributed by atoms with Crippen LogP contribution in [0.1, 0.15) is 34.7 Å². The summed E-state index contributed by atoms with van der Waals surface area (Å²) in [4.78, 5) is 24.2. The highest BCUT2D eigenvalue weighted by Crippen LogP contribution is 2.24. The molecular weight excluding hydrogens is 295 g/mol.